The van der Waals surface area contributed by atoms with Gasteiger partial charge < -0.3 is 20.4 Å². The Hall–Kier alpha value is -3.68. The Labute approximate surface area is 182 Å². The van der Waals surface area contributed by atoms with Gasteiger partial charge in [0.05, 0.1) is 0 Å². The number of amides is 2. The molecule has 3 aromatic rings. The van der Waals surface area contributed by atoms with Crippen molar-refractivity contribution in [3.63, 3.8) is 0 Å². The number of aryl methyl sites for hydroxylation is 3. The van der Waals surface area contributed by atoms with E-state index < -0.39 is 0 Å². The van der Waals surface area contributed by atoms with Crippen LogP contribution in [0, 0.1) is 20.8 Å². The maximum atomic E-state index is 12.7. The predicted molar refractivity (Wildman–Crippen MR) is 123 cm³/mol. The van der Waals surface area contributed by atoms with E-state index in [1.807, 2.05) is 61.2 Å². The van der Waals surface area contributed by atoms with Crippen molar-refractivity contribution in [2.75, 3.05) is 41.7 Å². The highest BCUT2D eigenvalue weighted by Crippen LogP contribution is 2.21. The number of nitrogens with zero attached hydrogens (tertiary/aromatic N) is 5. The first-order valence-electron chi connectivity index (χ1n) is 10.4. The SMILES string of the molecule is Cc1nc(Nc2ccccn2)cc(N2CCN(C(=O)Nc3ccc(C)c(C)c3)CC2)n1. The van der Waals surface area contributed by atoms with Crippen LogP contribution in [0.5, 0.6) is 0 Å². The van der Waals surface area contributed by atoms with Crippen LogP contribution in [0.25, 0.3) is 0 Å². The minimum absolute atomic E-state index is 0.0701. The van der Waals surface area contributed by atoms with E-state index in [9.17, 15) is 4.79 Å². The van der Waals surface area contributed by atoms with E-state index in [2.05, 4.69) is 37.4 Å². The molecule has 31 heavy (non-hydrogen) atoms. The van der Waals surface area contributed by atoms with E-state index in [0.29, 0.717) is 37.8 Å². The van der Waals surface area contributed by atoms with Crippen molar-refractivity contribution in [2.45, 2.75) is 20.8 Å². The summed E-state index contributed by atoms with van der Waals surface area (Å²) in [6, 6.07) is 13.5. The molecule has 0 spiro atoms. The number of aromatic nitrogens is 3. The molecule has 2 aromatic heterocycles. The average molecular weight is 418 g/mol. The fraction of sp³-hybridized carbons (Fsp3) is 0.304. The number of urea groups is 1. The second-order valence-corrected chi connectivity index (χ2v) is 7.70. The highest BCUT2D eigenvalue weighted by Gasteiger charge is 2.22. The molecule has 160 valence electrons. The number of benzene rings is 1. The summed E-state index contributed by atoms with van der Waals surface area (Å²) in [5.41, 5.74) is 3.20. The fourth-order valence-electron chi connectivity index (χ4n) is 3.51. The van der Waals surface area contributed by atoms with Crippen LogP contribution in [0.2, 0.25) is 0 Å². The molecule has 3 heterocycles. The number of rotatable bonds is 4. The van der Waals surface area contributed by atoms with Gasteiger partial charge in [0, 0.05) is 44.1 Å². The minimum atomic E-state index is -0.0701. The molecule has 1 saturated heterocycles. The highest BCUT2D eigenvalue weighted by atomic mass is 16.2. The summed E-state index contributed by atoms with van der Waals surface area (Å²) >= 11 is 0. The molecule has 1 fully saturated rings. The third-order valence-electron chi connectivity index (χ3n) is 5.39. The number of nitrogens with one attached hydrogen (secondary N) is 2. The molecule has 0 saturated carbocycles. The van der Waals surface area contributed by atoms with Crippen molar-refractivity contribution >= 4 is 29.2 Å². The van der Waals surface area contributed by atoms with Crippen molar-refractivity contribution in [1.29, 1.82) is 0 Å². The maximum Gasteiger partial charge on any atom is 0.321 e. The van der Waals surface area contributed by atoms with E-state index in [4.69, 9.17) is 0 Å². The Morgan fingerprint density at radius 2 is 1.71 bits per heavy atom. The Kier molecular flexibility index (Phi) is 5.97. The zero-order valence-corrected chi connectivity index (χ0v) is 18.1. The van der Waals surface area contributed by atoms with Crippen LogP contribution in [-0.2, 0) is 0 Å². The van der Waals surface area contributed by atoms with Crippen molar-refractivity contribution in [2.24, 2.45) is 0 Å². The Morgan fingerprint density at radius 3 is 2.42 bits per heavy atom. The van der Waals surface area contributed by atoms with Gasteiger partial charge in [0.15, 0.2) is 0 Å². The molecular weight excluding hydrogens is 390 g/mol. The Morgan fingerprint density at radius 1 is 0.903 bits per heavy atom. The van der Waals surface area contributed by atoms with E-state index in [0.717, 1.165) is 22.9 Å². The first-order valence-corrected chi connectivity index (χ1v) is 10.4. The van der Waals surface area contributed by atoms with Gasteiger partial charge in [0.2, 0.25) is 0 Å². The predicted octanol–water partition coefficient (Wildman–Crippen LogP) is 3.89. The number of piperazine rings is 1. The molecule has 4 rings (SSSR count). The van der Waals surface area contributed by atoms with Crippen LogP contribution < -0.4 is 15.5 Å². The smallest absolute Gasteiger partial charge is 0.321 e. The van der Waals surface area contributed by atoms with E-state index in [1.54, 1.807) is 6.20 Å². The Balaban J connectivity index is 1.38. The molecule has 0 bridgehead atoms. The summed E-state index contributed by atoms with van der Waals surface area (Å²) in [5.74, 6) is 2.97. The van der Waals surface area contributed by atoms with Gasteiger partial charge in [-0.25, -0.2) is 19.7 Å². The minimum Gasteiger partial charge on any atom is -0.353 e. The number of hydrogen-bond donors (Lipinski definition) is 2. The van der Waals surface area contributed by atoms with Crippen LogP contribution in [0.4, 0.5) is 27.9 Å². The van der Waals surface area contributed by atoms with E-state index in [1.165, 1.54) is 5.56 Å². The van der Waals surface area contributed by atoms with Gasteiger partial charge in [-0.2, -0.15) is 0 Å². The molecule has 1 aliphatic heterocycles. The molecule has 2 amide bonds. The van der Waals surface area contributed by atoms with E-state index in [-0.39, 0.29) is 6.03 Å². The fourth-order valence-corrected chi connectivity index (χ4v) is 3.51. The lowest BCUT2D eigenvalue weighted by atomic mass is 10.1. The summed E-state index contributed by atoms with van der Waals surface area (Å²) in [6.45, 7) is 8.65. The lowest BCUT2D eigenvalue weighted by Crippen LogP contribution is -2.50. The molecule has 2 N–H and O–H groups in total. The van der Waals surface area contributed by atoms with Gasteiger partial charge in [-0.3, -0.25) is 0 Å². The largest absolute Gasteiger partial charge is 0.353 e. The highest BCUT2D eigenvalue weighted by molar-refractivity contribution is 5.89. The van der Waals surface area contributed by atoms with Crippen molar-refractivity contribution in [1.82, 2.24) is 19.9 Å². The summed E-state index contributed by atoms with van der Waals surface area (Å²) in [7, 11) is 0. The van der Waals surface area contributed by atoms with Crippen LogP contribution in [-0.4, -0.2) is 52.1 Å². The van der Waals surface area contributed by atoms with Gasteiger partial charge >= 0.3 is 6.03 Å². The van der Waals surface area contributed by atoms with Crippen LogP contribution in [0.1, 0.15) is 17.0 Å². The normalized spacial score (nSPS) is 13.8. The van der Waals surface area contributed by atoms with Crippen LogP contribution in [0.3, 0.4) is 0 Å². The van der Waals surface area contributed by atoms with E-state index >= 15 is 0 Å². The molecule has 0 radical (unpaired) electrons. The molecule has 8 heteroatoms. The topological polar surface area (TPSA) is 86.3 Å². The van der Waals surface area contributed by atoms with Gasteiger partial charge in [0.1, 0.15) is 23.3 Å². The van der Waals surface area contributed by atoms with Gasteiger partial charge in [-0.05, 0) is 56.2 Å². The summed E-state index contributed by atoms with van der Waals surface area (Å²) in [5, 5.41) is 6.23. The van der Waals surface area contributed by atoms with Crippen LogP contribution >= 0.6 is 0 Å². The van der Waals surface area contributed by atoms with Crippen molar-refractivity contribution in [3.8, 4) is 0 Å². The number of hydrogen-bond acceptors (Lipinski definition) is 6. The molecule has 8 nitrogen and oxygen atoms in total. The zero-order chi connectivity index (χ0) is 21.8. The standard InChI is InChI=1S/C23H27N7O/c1-16-7-8-19(14-17(16)2)27-23(31)30-12-10-29(11-13-30)22-15-21(25-18(3)26-22)28-20-6-4-5-9-24-20/h4-9,14-15H,10-13H2,1-3H3,(H,27,31)(H,24,25,26,28). The Bertz CT molecular complexity index is 1060. The molecule has 0 aliphatic carbocycles. The first kappa shape index (κ1) is 20.6. The molecule has 1 aliphatic rings. The molecule has 0 atom stereocenters. The van der Waals surface area contributed by atoms with Gasteiger partial charge in [-0.15, -0.1) is 0 Å². The second-order valence-electron chi connectivity index (χ2n) is 7.70. The molecule has 1 aromatic carbocycles. The maximum absolute atomic E-state index is 12.7. The van der Waals surface area contributed by atoms with Gasteiger partial charge in [0.25, 0.3) is 0 Å². The quantitative estimate of drug-likeness (QED) is 0.670. The number of anilines is 4. The van der Waals surface area contributed by atoms with Crippen LogP contribution in [0.15, 0.2) is 48.7 Å². The second kappa shape index (κ2) is 8.99. The number of carbonyl (C=O) groups is 1. The zero-order valence-electron chi connectivity index (χ0n) is 18.1. The molecular formula is C23H27N7O. The van der Waals surface area contributed by atoms with Crippen molar-refractivity contribution < 1.29 is 4.79 Å². The monoisotopic (exact) mass is 417 g/mol. The lowest BCUT2D eigenvalue weighted by molar-refractivity contribution is 0.208. The average Bonchev–Trinajstić information content (AvgIpc) is 2.77. The van der Waals surface area contributed by atoms with Gasteiger partial charge in [-0.1, -0.05) is 12.1 Å². The molecule has 0 unspecified atom stereocenters. The first-order chi connectivity index (χ1) is 15.0. The number of pyridine rings is 1. The summed E-state index contributed by atoms with van der Waals surface area (Å²) in [6.07, 6.45) is 1.74. The summed E-state index contributed by atoms with van der Waals surface area (Å²) < 4.78 is 0. The third-order valence-corrected chi connectivity index (χ3v) is 5.39. The van der Waals surface area contributed by atoms with Crippen molar-refractivity contribution in [3.05, 3.63) is 65.6 Å². The lowest BCUT2D eigenvalue weighted by Gasteiger charge is -2.35. The third kappa shape index (κ3) is 5.09. The number of carbonyl (C=O) groups excluding carboxylic acids is 1. The summed E-state index contributed by atoms with van der Waals surface area (Å²) in [4.78, 5) is 30.0.